The lowest BCUT2D eigenvalue weighted by Crippen LogP contribution is -2.14. The van der Waals surface area contributed by atoms with Crippen LogP contribution < -0.4 is 16.2 Å². The van der Waals surface area contributed by atoms with Gasteiger partial charge in [-0.05, 0) is 36.8 Å². The molecule has 0 aliphatic heterocycles. The highest BCUT2D eigenvalue weighted by Gasteiger charge is 2.20. The first kappa shape index (κ1) is 24.7. The molecule has 34 heavy (non-hydrogen) atoms. The highest BCUT2D eigenvalue weighted by molar-refractivity contribution is 7.99. The molecule has 0 saturated heterocycles. The molecule has 0 aliphatic rings. The van der Waals surface area contributed by atoms with Crippen molar-refractivity contribution in [3.63, 3.8) is 0 Å². The van der Waals surface area contributed by atoms with E-state index >= 15 is 0 Å². The number of anilines is 2. The second kappa shape index (κ2) is 10.4. The van der Waals surface area contributed by atoms with E-state index in [1.165, 1.54) is 36.0 Å². The van der Waals surface area contributed by atoms with Gasteiger partial charge >= 0.3 is 0 Å². The lowest BCUT2D eigenvalue weighted by Gasteiger charge is -2.13. The average molecular weight is 493 g/mol. The van der Waals surface area contributed by atoms with Crippen LogP contribution in [-0.2, 0) is 14.8 Å². The Morgan fingerprint density at radius 3 is 2.24 bits per heavy atom. The predicted molar refractivity (Wildman–Crippen MR) is 130 cm³/mol. The molecule has 0 bridgehead atoms. The number of carbonyl (C=O) groups excluding carboxylic acids is 1. The van der Waals surface area contributed by atoms with Crippen molar-refractivity contribution < 1.29 is 13.2 Å². The minimum atomic E-state index is -3.81. The summed E-state index contributed by atoms with van der Waals surface area (Å²) >= 11 is 1.18. The monoisotopic (exact) mass is 492 g/mol. The van der Waals surface area contributed by atoms with Gasteiger partial charge < -0.3 is 11.1 Å². The summed E-state index contributed by atoms with van der Waals surface area (Å²) in [6.07, 6.45) is 0.0912. The maximum absolute atomic E-state index is 12.3. The number of primary sulfonamides is 1. The lowest BCUT2D eigenvalue weighted by atomic mass is 9.96. The van der Waals surface area contributed by atoms with Gasteiger partial charge in [-0.15, -0.1) is 11.8 Å². The summed E-state index contributed by atoms with van der Waals surface area (Å²) in [5.74, 6) is -0.00438. The van der Waals surface area contributed by atoms with Crippen molar-refractivity contribution >= 4 is 39.2 Å². The molecule has 1 amide bonds. The smallest absolute Gasteiger partial charge is 0.238 e. The first-order valence-electron chi connectivity index (χ1n) is 9.90. The second-order valence-electron chi connectivity index (χ2n) is 7.23. The number of aromatic nitrogens is 1. The number of sulfonamides is 1. The first-order chi connectivity index (χ1) is 16.1. The van der Waals surface area contributed by atoms with E-state index in [0.29, 0.717) is 27.6 Å². The van der Waals surface area contributed by atoms with Crippen molar-refractivity contribution in [2.75, 3.05) is 16.8 Å². The second-order valence-corrected chi connectivity index (χ2v) is 9.88. The van der Waals surface area contributed by atoms with Crippen LogP contribution in [0.5, 0.6) is 0 Å². The van der Waals surface area contributed by atoms with Gasteiger partial charge in [-0.2, -0.15) is 10.5 Å². The molecule has 0 saturated carbocycles. The molecule has 3 aromatic rings. The minimum absolute atomic E-state index is 0.0129. The first-order valence-corrected chi connectivity index (χ1v) is 12.4. The third kappa shape index (κ3) is 5.71. The summed E-state index contributed by atoms with van der Waals surface area (Å²) in [6, 6.07) is 17.0. The number of aryl methyl sites for hydroxylation is 1. The van der Waals surface area contributed by atoms with Gasteiger partial charge in [0.1, 0.15) is 28.5 Å². The molecule has 172 valence electrons. The SMILES string of the molecule is Cc1ccc(-c2c(C#N)c(N)nc(SCCC(=O)Nc3ccc(S(N)(=O)=O)cc3)c2C#N)cc1. The molecule has 1 heterocycles. The number of rotatable bonds is 7. The number of nitrogens with one attached hydrogen (secondary N) is 1. The van der Waals surface area contributed by atoms with E-state index in [1.807, 2.05) is 37.3 Å². The van der Waals surface area contributed by atoms with Crippen molar-refractivity contribution in [2.45, 2.75) is 23.3 Å². The molecule has 0 aliphatic carbocycles. The number of nitriles is 2. The Labute approximate surface area is 201 Å². The zero-order valence-corrected chi connectivity index (χ0v) is 19.7. The van der Waals surface area contributed by atoms with Gasteiger partial charge in [0.15, 0.2) is 0 Å². The zero-order chi connectivity index (χ0) is 24.9. The van der Waals surface area contributed by atoms with E-state index < -0.39 is 10.0 Å². The van der Waals surface area contributed by atoms with Crippen LogP contribution in [0.3, 0.4) is 0 Å². The molecular formula is C23H20N6O3S2. The molecule has 2 aromatic carbocycles. The summed E-state index contributed by atoms with van der Waals surface area (Å²) in [6.45, 7) is 1.93. The van der Waals surface area contributed by atoms with Crippen LogP contribution in [-0.4, -0.2) is 25.1 Å². The van der Waals surface area contributed by atoms with E-state index in [0.717, 1.165) is 5.56 Å². The van der Waals surface area contributed by atoms with Crippen LogP contribution in [0.2, 0.25) is 0 Å². The van der Waals surface area contributed by atoms with Gasteiger partial charge in [0.25, 0.3) is 0 Å². The molecule has 0 spiro atoms. The summed E-state index contributed by atoms with van der Waals surface area (Å²) in [5.41, 5.74) is 8.91. The normalized spacial score (nSPS) is 10.8. The molecular weight excluding hydrogens is 472 g/mol. The maximum atomic E-state index is 12.3. The third-order valence-corrected chi connectivity index (χ3v) is 6.70. The predicted octanol–water partition coefficient (Wildman–Crippen LogP) is 3.15. The van der Waals surface area contributed by atoms with Crippen molar-refractivity contribution in [2.24, 2.45) is 5.14 Å². The Balaban J connectivity index is 1.76. The Bertz CT molecular complexity index is 1420. The molecule has 0 unspecified atom stereocenters. The molecule has 11 heteroatoms. The standard InChI is InChI=1S/C23H20N6O3S2/c1-14-2-4-15(5-3-14)21-18(12-24)22(26)29-23(19(21)13-25)33-11-10-20(30)28-16-6-8-17(9-7-16)34(27,31)32/h2-9H,10-11H2,1H3,(H2,26,29)(H,28,30)(H2,27,31,32). The minimum Gasteiger partial charge on any atom is -0.383 e. The summed E-state index contributed by atoms with van der Waals surface area (Å²) < 4.78 is 22.6. The van der Waals surface area contributed by atoms with E-state index in [-0.39, 0.29) is 34.2 Å². The fraction of sp³-hybridized carbons (Fsp3) is 0.130. The Hall–Kier alpha value is -3.90. The van der Waals surface area contributed by atoms with Crippen LogP contribution in [0.4, 0.5) is 11.5 Å². The fourth-order valence-electron chi connectivity index (χ4n) is 3.10. The van der Waals surface area contributed by atoms with Crippen LogP contribution in [0.15, 0.2) is 58.5 Å². The highest BCUT2D eigenvalue weighted by atomic mass is 32.2. The van der Waals surface area contributed by atoms with Gasteiger partial charge in [-0.3, -0.25) is 4.79 Å². The van der Waals surface area contributed by atoms with Gasteiger partial charge in [-0.25, -0.2) is 18.5 Å². The van der Waals surface area contributed by atoms with Gasteiger partial charge in [-0.1, -0.05) is 29.8 Å². The number of pyridine rings is 1. The molecule has 0 fully saturated rings. The maximum Gasteiger partial charge on any atom is 0.238 e. The molecule has 3 rings (SSSR count). The van der Waals surface area contributed by atoms with E-state index in [1.54, 1.807) is 0 Å². The summed E-state index contributed by atoms with van der Waals surface area (Å²) in [4.78, 5) is 16.5. The van der Waals surface area contributed by atoms with Crippen molar-refractivity contribution in [3.8, 4) is 23.3 Å². The van der Waals surface area contributed by atoms with Crippen LogP contribution in [0.25, 0.3) is 11.1 Å². The number of nitrogen functional groups attached to an aromatic ring is 1. The summed E-state index contributed by atoms with van der Waals surface area (Å²) in [5, 5.41) is 27.5. The van der Waals surface area contributed by atoms with Crippen molar-refractivity contribution in [3.05, 3.63) is 65.2 Å². The highest BCUT2D eigenvalue weighted by Crippen LogP contribution is 2.35. The molecule has 0 atom stereocenters. The van der Waals surface area contributed by atoms with Crippen LogP contribution in [0.1, 0.15) is 23.1 Å². The van der Waals surface area contributed by atoms with Crippen LogP contribution in [0, 0.1) is 29.6 Å². The van der Waals surface area contributed by atoms with Gasteiger partial charge in [0, 0.05) is 23.4 Å². The number of hydrogen-bond acceptors (Lipinski definition) is 8. The number of carbonyl (C=O) groups is 1. The van der Waals surface area contributed by atoms with Gasteiger partial charge in [0.05, 0.1) is 10.5 Å². The Morgan fingerprint density at radius 2 is 1.68 bits per heavy atom. The number of amides is 1. The number of hydrogen-bond donors (Lipinski definition) is 3. The van der Waals surface area contributed by atoms with Crippen molar-refractivity contribution in [1.29, 1.82) is 10.5 Å². The fourth-order valence-corrected chi connectivity index (χ4v) is 4.55. The number of benzene rings is 2. The number of nitrogens with two attached hydrogens (primary N) is 2. The molecule has 1 aromatic heterocycles. The van der Waals surface area contributed by atoms with Crippen molar-refractivity contribution in [1.82, 2.24) is 4.98 Å². The third-order valence-electron chi connectivity index (χ3n) is 4.79. The van der Waals surface area contributed by atoms with E-state index in [2.05, 4.69) is 16.4 Å². The average Bonchev–Trinajstić information content (AvgIpc) is 2.79. The number of thioether (sulfide) groups is 1. The topological polar surface area (TPSA) is 176 Å². The van der Waals surface area contributed by atoms with E-state index in [4.69, 9.17) is 10.9 Å². The van der Waals surface area contributed by atoms with Crippen LogP contribution >= 0.6 is 11.8 Å². The molecule has 0 radical (unpaired) electrons. The lowest BCUT2D eigenvalue weighted by molar-refractivity contribution is -0.115. The number of nitrogens with zero attached hydrogens (tertiary/aromatic N) is 3. The molecule has 5 N–H and O–H groups in total. The van der Waals surface area contributed by atoms with Gasteiger partial charge in [0.2, 0.25) is 15.9 Å². The zero-order valence-electron chi connectivity index (χ0n) is 18.1. The Morgan fingerprint density at radius 1 is 1.06 bits per heavy atom. The quantitative estimate of drug-likeness (QED) is 0.421. The Kier molecular flexibility index (Phi) is 7.54. The largest absolute Gasteiger partial charge is 0.383 e. The van der Waals surface area contributed by atoms with E-state index in [9.17, 15) is 23.7 Å². The molecule has 9 nitrogen and oxygen atoms in total. The summed E-state index contributed by atoms with van der Waals surface area (Å²) in [7, 11) is -3.81.